The summed E-state index contributed by atoms with van der Waals surface area (Å²) in [7, 11) is 1.65. The van der Waals surface area contributed by atoms with E-state index in [4.69, 9.17) is 9.47 Å². The van der Waals surface area contributed by atoms with Gasteiger partial charge < -0.3 is 9.47 Å². The van der Waals surface area contributed by atoms with Crippen LogP contribution in [0.25, 0.3) is 5.70 Å². The maximum absolute atomic E-state index is 12.5. The Balaban J connectivity index is 2.27. The molecular formula is C18H25NO3. The molecule has 0 aromatic heterocycles. The number of carbonyl (C=O) groups excluding carboxylic acids is 1. The normalized spacial score (nSPS) is 15.8. The van der Waals surface area contributed by atoms with Crippen molar-refractivity contribution in [1.29, 1.82) is 0 Å². The van der Waals surface area contributed by atoms with Crippen molar-refractivity contribution < 1.29 is 14.3 Å². The van der Waals surface area contributed by atoms with Crippen LogP contribution in [0.5, 0.6) is 5.75 Å². The lowest BCUT2D eigenvalue weighted by atomic mass is 10.1. The van der Waals surface area contributed by atoms with Crippen LogP contribution in [0.4, 0.5) is 4.79 Å². The van der Waals surface area contributed by atoms with Crippen LogP contribution in [0, 0.1) is 0 Å². The maximum atomic E-state index is 12.5. The lowest BCUT2D eigenvalue weighted by Crippen LogP contribution is -2.36. The second kappa shape index (κ2) is 6.86. The van der Waals surface area contributed by atoms with Gasteiger partial charge in [0.2, 0.25) is 0 Å². The number of hydrogen-bond acceptors (Lipinski definition) is 3. The Hall–Kier alpha value is -1.97. The Morgan fingerprint density at radius 2 is 1.82 bits per heavy atom. The lowest BCUT2D eigenvalue weighted by Gasteiger charge is -2.28. The topological polar surface area (TPSA) is 38.8 Å². The molecule has 1 aliphatic heterocycles. The SMILES string of the molecule is COc1ccc(C2=CCCCCN2C(=O)OC(C)(C)C)cc1. The quantitative estimate of drug-likeness (QED) is 0.810. The van der Waals surface area contributed by atoms with Gasteiger partial charge >= 0.3 is 6.09 Å². The van der Waals surface area contributed by atoms with Gasteiger partial charge in [-0.25, -0.2) is 4.79 Å². The van der Waals surface area contributed by atoms with Crippen LogP contribution in [0.3, 0.4) is 0 Å². The molecule has 1 aromatic rings. The van der Waals surface area contributed by atoms with Crippen LogP contribution < -0.4 is 4.74 Å². The number of nitrogens with zero attached hydrogens (tertiary/aromatic N) is 1. The zero-order valence-electron chi connectivity index (χ0n) is 13.9. The highest BCUT2D eigenvalue weighted by Gasteiger charge is 2.26. The summed E-state index contributed by atoms with van der Waals surface area (Å²) in [5.41, 5.74) is 1.44. The third-order valence-electron chi connectivity index (χ3n) is 3.46. The number of methoxy groups -OCH3 is 1. The molecule has 2 rings (SSSR count). The van der Waals surface area contributed by atoms with Gasteiger partial charge in [0.05, 0.1) is 12.8 Å². The van der Waals surface area contributed by atoms with Crippen molar-refractivity contribution in [2.75, 3.05) is 13.7 Å². The van der Waals surface area contributed by atoms with Crippen LogP contribution in [0.1, 0.15) is 45.6 Å². The van der Waals surface area contributed by atoms with Crippen molar-refractivity contribution in [2.45, 2.75) is 45.6 Å². The molecule has 0 atom stereocenters. The molecule has 0 spiro atoms. The average molecular weight is 303 g/mol. The fourth-order valence-electron chi connectivity index (χ4n) is 2.43. The molecular weight excluding hydrogens is 278 g/mol. The molecule has 4 heteroatoms. The molecule has 1 aromatic carbocycles. The van der Waals surface area contributed by atoms with Gasteiger partial charge in [0.25, 0.3) is 0 Å². The van der Waals surface area contributed by atoms with E-state index in [1.54, 1.807) is 12.0 Å². The molecule has 0 saturated heterocycles. The van der Waals surface area contributed by atoms with Gasteiger partial charge in [0.15, 0.2) is 0 Å². The van der Waals surface area contributed by atoms with Crippen molar-refractivity contribution in [2.24, 2.45) is 0 Å². The number of amides is 1. The lowest BCUT2D eigenvalue weighted by molar-refractivity contribution is 0.0354. The Kier molecular flexibility index (Phi) is 5.11. The van der Waals surface area contributed by atoms with E-state index < -0.39 is 5.60 Å². The predicted molar refractivity (Wildman–Crippen MR) is 87.8 cm³/mol. The molecule has 0 radical (unpaired) electrons. The molecule has 0 saturated carbocycles. The van der Waals surface area contributed by atoms with E-state index in [9.17, 15) is 4.79 Å². The molecule has 1 heterocycles. The zero-order chi connectivity index (χ0) is 16.2. The molecule has 0 aliphatic carbocycles. The standard InChI is InChI=1S/C18H25NO3/c1-18(2,3)22-17(20)19-13-7-5-6-8-16(19)14-9-11-15(21-4)12-10-14/h8-12H,5-7,13H2,1-4H3. The molecule has 0 N–H and O–H groups in total. The highest BCUT2D eigenvalue weighted by Crippen LogP contribution is 2.27. The molecule has 1 amide bonds. The van der Waals surface area contributed by atoms with E-state index in [-0.39, 0.29) is 6.09 Å². The van der Waals surface area contributed by atoms with Crippen molar-refractivity contribution in [1.82, 2.24) is 4.90 Å². The van der Waals surface area contributed by atoms with Crippen LogP contribution in [0.2, 0.25) is 0 Å². The van der Waals surface area contributed by atoms with E-state index in [0.717, 1.165) is 36.3 Å². The van der Waals surface area contributed by atoms with Crippen molar-refractivity contribution in [3.05, 3.63) is 35.9 Å². The van der Waals surface area contributed by atoms with E-state index in [2.05, 4.69) is 6.08 Å². The van der Waals surface area contributed by atoms with E-state index in [1.807, 2.05) is 45.0 Å². The monoisotopic (exact) mass is 303 g/mol. The number of rotatable bonds is 2. The fourth-order valence-corrected chi connectivity index (χ4v) is 2.43. The second-order valence-corrected chi connectivity index (χ2v) is 6.45. The number of ether oxygens (including phenoxy) is 2. The number of hydrogen-bond donors (Lipinski definition) is 0. The maximum Gasteiger partial charge on any atom is 0.414 e. The molecule has 0 bridgehead atoms. The van der Waals surface area contributed by atoms with Gasteiger partial charge in [0.1, 0.15) is 11.4 Å². The average Bonchev–Trinajstić information content (AvgIpc) is 2.71. The van der Waals surface area contributed by atoms with Crippen LogP contribution in [-0.4, -0.2) is 30.2 Å². The number of allylic oxidation sites excluding steroid dienone is 1. The first kappa shape index (κ1) is 16.4. The first-order valence-corrected chi connectivity index (χ1v) is 7.76. The fraction of sp³-hybridized carbons (Fsp3) is 0.500. The summed E-state index contributed by atoms with van der Waals surface area (Å²) < 4.78 is 10.7. The highest BCUT2D eigenvalue weighted by molar-refractivity contribution is 5.82. The van der Waals surface area contributed by atoms with E-state index >= 15 is 0 Å². The summed E-state index contributed by atoms with van der Waals surface area (Å²) >= 11 is 0. The van der Waals surface area contributed by atoms with Crippen molar-refractivity contribution >= 4 is 11.8 Å². The molecule has 0 unspecified atom stereocenters. The zero-order valence-corrected chi connectivity index (χ0v) is 13.9. The number of benzene rings is 1. The Labute approximate surface area is 132 Å². The first-order chi connectivity index (χ1) is 10.4. The predicted octanol–water partition coefficient (Wildman–Crippen LogP) is 4.46. The van der Waals surface area contributed by atoms with Crippen molar-refractivity contribution in [3.8, 4) is 5.75 Å². The van der Waals surface area contributed by atoms with Crippen LogP contribution in [-0.2, 0) is 4.74 Å². The highest BCUT2D eigenvalue weighted by atomic mass is 16.6. The molecule has 22 heavy (non-hydrogen) atoms. The first-order valence-electron chi connectivity index (χ1n) is 7.76. The summed E-state index contributed by atoms with van der Waals surface area (Å²) in [6.45, 7) is 6.35. The van der Waals surface area contributed by atoms with Gasteiger partial charge in [0, 0.05) is 6.54 Å². The minimum atomic E-state index is -0.492. The van der Waals surface area contributed by atoms with Gasteiger partial charge in [-0.05, 0) is 69.9 Å². The third-order valence-corrected chi connectivity index (χ3v) is 3.46. The van der Waals surface area contributed by atoms with Crippen LogP contribution in [0.15, 0.2) is 30.3 Å². The second-order valence-electron chi connectivity index (χ2n) is 6.45. The minimum absolute atomic E-state index is 0.281. The Morgan fingerprint density at radius 1 is 1.14 bits per heavy atom. The largest absolute Gasteiger partial charge is 0.497 e. The van der Waals surface area contributed by atoms with Crippen molar-refractivity contribution in [3.63, 3.8) is 0 Å². The summed E-state index contributed by atoms with van der Waals surface area (Å²) in [5.74, 6) is 0.807. The molecule has 0 fully saturated rings. The number of carbonyl (C=O) groups is 1. The minimum Gasteiger partial charge on any atom is -0.497 e. The molecule has 4 nitrogen and oxygen atoms in total. The Bertz CT molecular complexity index is 540. The summed E-state index contributed by atoms with van der Waals surface area (Å²) in [4.78, 5) is 14.3. The summed E-state index contributed by atoms with van der Waals surface area (Å²) in [5, 5.41) is 0. The Morgan fingerprint density at radius 3 is 2.41 bits per heavy atom. The third kappa shape index (κ3) is 4.26. The van der Waals surface area contributed by atoms with Gasteiger partial charge in [-0.3, -0.25) is 4.90 Å². The van der Waals surface area contributed by atoms with E-state index in [0.29, 0.717) is 6.54 Å². The van der Waals surface area contributed by atoms with Crippen LogP contribution >= 0.6 is 0 Å². The smallest absolute Gasteiger partial charge is 0.414 e. The summed E-state index contributed by atoms with van der Waals surface area (Å²) in [6, 6.07) is 7.78. The summed E-state index contributed by atoms with van der Waals surface area (Å²) in [6.07, 6.45) is 4.88. The molecule has 120 valence electrons. The van der Waals surface area contributed by atoms with E-state index in [1.165, 1.54) is 0 Å². The van der Waals surface area contributed by atoms with Gasteiger partial charge in [-0.15, -0.1) is 0 Å². The van der Waals surface area contributed by atoms with Gasteiger partial charge in [-0.2, -0.15) is 0 Å². The van der Waals surface area contributed by atoms with Gasteiger partial charge in [-0.1, -0.05) is 6.08 Å². The molecule has 1 aliphatic rings.